The van der Waals surface area contributed by atoms with Crippen molar-refractivity contribution in [1.29, 1.82) is 0 Å². The molecule has 1 aliphatic carbocycles. The van der Waals surface area contributed by atoms with Crippen molar-refractivity contribution in [2.24, 2.45) is 5.92 Å². The van der Waals surface area contributed by atoms with Crippen molar-refractivity contribution < 1.29 is 35.8 Å². The van der Waals surface area contributed by atoms with Crippen LogP contribution in [0.4, 0.5) is 26.3 Å². The van der Waals surface area contributed by atoms with E-state index >= 15 is 0 Å². The van der Waals surface area contributed by atoms with E-state index in [0.29, 0.717) is 18.1 Å². The van der Waals surface area contributed by atoms with Crippen LogP contribution in [-0.4, -0.2) is 0 Å². The number of hydrogen-bond acceptors (Lipinski definition) is 2. The second kappa shape index (κ2) is 12.0. The molecule has 0 radical (unpaired) electrons. The first-order valence-corrected chi connectivity index (χ1v) is 12.6. The van der Waals surface area contributed by atoms with E-state index in [1.165, 1.54) is 68.4 Å². The summed E-state index contributed by atoms with van der Waals surface area (Å²) in [5.74, 6) is -3.55. The van der Waals surface area contributed by atoms with Crippen molar-refractivity contribution in [2.45, 2.75) is 57.5 Å². The Morgan fingerprint density at radius 1 is 0.868 bits per heavy atom. The molecule has 1 fully saturated rings. The first-order valence-electron chi connectivity index (χ1n) is 12.6. The average molecular weight is 535 g/mol. The van der Waals surface area contributed by atoms with E-state index in [1.807, 2.05) is 12.1 Å². The van der Waals surface area contributed by atoms with Gasteiger partial charge in [-0.15, -0.1) is 0 Å². The van der Waals surface area contributed by atoms with Crippen LogP contribution in [-0.2, 0) is 6.11 Å². The van der Waals surface area contributed by atoms with E-state index in [2.05, 4.69) is 28.5 Å². The molecule has 0 unspecified atom stereocenters. The third-order valence-corrected chi connectivity index (χ3v) is 6.96. The Hall–Kier alpha value is -3.42. The smallest absolute Gasteiger partial charge is 0.426 e. The summed E-state index contributed by atoms with van der Waals surface area (Å²) in [6.45, 7) is 2.23. The lowest BCUT2D eigenvalue weighted by molar-refractivity contribution is -0.185. The fourth-order valence-electron chi connectivity index (χ4n) is 5.02. The molecule has 4 rings (SSSR count). The lowest BCUT2D eigenvalue weighted by Crippen LogP contribution is -2.22. The summed E-state index contributed by atoms with van der Waals surface area (Å²) in [5, 5.41) is 0. The van der Waals surface area contributed by atoms with Crippen LogP contribution < -0.4 is 9.47 Å². The minimum absolute atomic E-state index is 0.162. The normalized spacial score (nSPS) is 17.7. The van der Waals surface area contributed by atoms with Crippen molar-refractivity contribution in [3.63, 3.8) is 0 Å². The quantitative estimate of drug-likeness (QED) is 0.201. The lowest BCUT2D eigenvalue weighted by Gasteiger charge is -2.28. The molecule has 2 nitrogen and oxygen atoms in total. The zero-order valence-electron chi connectivity index (χ0n) is 20.8. The number of hydrogen-bond donors (Lipinski definition) is 0. The molecular weight excluding hydrogens is 506 g/mol. The summed E-state index contributed by atoms with van der Waals surface area (Å²) in [6, 6.07) is 14.4. The molecule has 0 amide bonds. The Labute approximate surface area is 217 Å². The highest BCUT2D eigenvalue weighted by Crippen LogP contribution is 2.39. The molecule has 0 N–H and O–H groups in total. The van der Waals surface area contributed by atoms with Crippen LogP contribution in [0.25, 0.3) is 11.1 Å². The van der Waals surface area contributed by atoms with Gasteiger partial charge in [0.2, 0.25) is 0 Å². The maximum atomic E-state index is 14.7. The molecule has 0 spiro atoms. The van der Waals surface area contributed by atoms with Gasteiger partial charge in [0.15, 0.2) is 23.6 Å². The Kier molecular flexibility index (Phi) is 8.69. The summed E-state index contributed by atoms with van der Waals surface area (Å²) in [7, 11) is 0. The van der Waals surface area contributed by atoms with Gasteiger partial charge in [-0.2, -0.15) is 17.6 Å². The molecule has 8 heteroatoms. The zero-order chi connectivity index (χ0) is 27.3. The van der Waals surface area contributed by atoms with Gasteiger partial charge in [-0.1, -0.05) is 56.2 Å². The van der Waals surface area contributed by atoms with E-state index in [1.54, 1.807) is 0 Å². The zero-order valence-corrected chi connectivity index (χ0v) is 20.8. The third kappa shape index (κ3) is 6.71. The maximum absolute atomic E-state index is 14.7. The number of halogens is 6. The van der Waals surface area contributed by atoms with E-state index in [-0.39, 0.29) is 6.26 Å². The predicted octanol–water partition coefficient (Wildman–Crippen LogP) is 9.95. The van der Waals surface area contributed by atoms with Crippen LogP contribution in [0.2, 0.25) is 0 Å². The first kappa shape index (κ1) is 27.6. The highest BCUT2D eigenvalue weighted by Gasteiger charge is 2.35. The van der Waals surface area contributed by atoms with Gasteiger partial charge >= 0.3 is 12.2 Å². The number of ether oxygens (including phenoxy) is 2. The largest absolute Gasteiger partial charge is 0.453 e. The van der Waals surface area contributed by atoms with Crippen molar-refractivity contribution in [2.75, 3.05) is 0 Å². The lowest BCUT2D eigenvalue weighted by atomic mass is 9.77. The van der Waals surface area contributed by atoms with Crippen molar-refractivity contribution in [1.82, 2.24) is 0 Å². The minimum Gasteiger partial charge on any atom is -0.453 e. The fourth-order valence-corrected chi connectivity index (χ4v) is 5.02. The fraction of sp³-hybridized carbons (Fsp3) is 0.333. The van der Waals surface area contributed by atoms with Crippen molar-refractivity contribution in [3.8, 4) is 22.6 Å². The maximum Gasteiger partial charge on any atom is 0.426 e. The monoisotopic (exact) mass is 534 g/mol. The average Bonchev–Trinajstić information content (AvgIpc) is 2.89. The van der Waals surface area contributed by atoms with Crippen LogP contribution in [0.1, 0.15) is 62.5 Å². The molecule has 1 aliphatic rings. The molecule has 202 valence electrons. The van der Waals surface area contributed by atoms with E-state index < -0.39 is 40.9 Å². The van der Waals surface area contributed by atoms with Gasteiger partial charge in [-0.3, -0.25) is 0 Å². The van der Waals surface area contributed by atoms with Gasteiger partial charge in [0.1, 0.15) is 5.75 Å². The van der Waals surface area contributed by atoms with Gasteiger partial charge in [-0.05, 0) is 66.3 Å². The molecule has 0 heterocycles. The van der Waals surface area contributed by atoms with Crippen LogP contribution in [0, 0.1) is 17.6 Å². The Morgan fingerprint density at radius 3 is 1.95 bits per heavy atom. The van der Waals surface area contributed by atoms with Crippen LogP contribution in [0.3, 0.4) is 0 Å². The summed E-state index contributed by atoms with van der Waals surface area (Å²) >= 11 is 0. The van der Waals surface area contributed by atoms with Crippen LogP contribution in [0.5, 0.6) is 11.5 Å². The van der Waals surface area contributed by atoms with Crippen molar-refractivity contribution >= 4 is 0 Å². The summed E-state index contributed by atoms with van der Waals surface area (Å²) in [6.07, 6.45) is 1.01. The standard InChI is InChI=1S/C30H28F6O2/c1-2-3-19-4-6-20(7-5-19)21-8-10-22(11-9-21)23-12-14-24(15-13-23)30(35,36)38-25-16-26(31)29(27(32)17-25)37-18-28(33)34/h8-20H,2-7H2,1H3. The highest BCUT2D eigenvalue weighted by atomic mass is 19.3. The highest BCUT2D eigenvalue weighted by molar-refractivity contribution is 5.64. The Balaban J connectivity index is 1.42. The molecular formula is C30H28F6O2. The van der Waals surface area contributed by atoms with Crippen LogP contribution >= 0.6 is 0 Å². The third-order valence-electron chi connectivity index (χ3n) is 6.96. The molecule has 1 saturated carbocycles. The second-order valence-electron chi connectivity index (χ2n) is 9.57. The molecule has 0 aromatic heterocycles. The Morgan fingerprint density at radius 2 is 1.42 bits per heavy atom. The Bertz CT molecular complexity index is 1220. The topological polar surface area (TPSA) is 18.5 Å². The summed E-state index contributed by atoms with van der Waals surface area (Å²) < 4.78 is 90.4. The molecule has 0 bridgehead atoms. The van der Waals surface area contributed by atoms with E-state index in [4.69, 9.17) is 0 Å². The second-order valence-corrected chi connectivity index (χ2v) is 9.57. The first-order chi connectivity index (χ1) is 18.2. The molecule has 0 aliphatic heterocycles. The predicted molar refractivity (Wildman–Crippen MR) is 133 cm³/mol. The van der Waals surface area contributed by atoms with Gasteiger partial charge in [0.05, 0.1) is 5.56 Å². The van der Waals surface area contributed by atoms with Crippen LogP contribution in [0.15, 0.2) is 73.0 Å². The van der Waals surface area contributed by atoms with Gasteiger partial charge in [0.25, 0.3) is 0 Å². The minimum atomic E-state index is -3.91. The SMILES string of the molecule is CCCC1CCC(c2ccc(-c3ccc(C(F)(F)Oc4cc(F)c(OC=C(F)F)c(F)c4)cc3)cc2)CC1. The molecule has 0 atom stereocenters. The summed E-state index contributed by atoms with van der Waals surface area (Å²) in [4.78, 5) is 0. The van der Waals surface area contributed by atoms with E-state index in [9.17, 15) is 26.3 Å². The van der Waals surface area contributed by atoms with Crippen molar-refractivity contribution in [3.05, 3.63) is 95.8 Å². The van der Waals surface area contributed by atoms with E-state index in [0.717, 1.165) is 17.0 Å². The van der Waals surface area contributed by atoms with Gasteiger partial charge in [-0.25, -0.2) is 8.78 Å². The molecule has 0 saturated heterocycles. The summed E-state index contributed by atoms with van der Waals surface area (Å²) in [5.41, 5.74) is 2.38. The number of rotatable bonds is 9. The number of alkyl halides is 2. The molecule has 3 aromatic carbocycles. The van der Waals surface area contributed by atoms with Gasteiger partial charge < -0.3 is 9.47 Å². The molecule has 3 aromatic rings. The number of benzene rings is 3. The van der Waals surface area contributed by atoms with Gasteiger partial charge in [0, 0.05) is 12.1 Å². The molecule has 38 heavy (non-hydrogen) atoms.